The third-order valence-corrected chi connectivity index (χ3v) is 8.84. The quantitative estimate of drug-likeness (QED) is 0.569. The van der Waals surface area contributed by atoms with E-state index < -0.39 is 15.8 Å². The fourth-order valence-electron chi connectivity index (χ4n) is 5.09. The van der Waals surface area contributed by atoms with E-state index in [1.165, 1.54) is 40.1 Å². The van der Waals surface area contributed by atoms with Crippen LogP contribution >= 0.6 is 11.3 Å². The summed E-state index contributed by atoms with van der Waals surface area (Å²) in [5, 5.41) is 1.57. The Morgan fingerprint density at radius 3 is 2.61 bits per heavy atom. The molecular weight excluding hydrogens is 459 g/mol. The molecule has 3 aromatic rings. The van der Waals surface area contributed by atoms with Crippen molar-refractivity contribution in [1.82, 2.24) is 9.88 Å². The van der Waals surface area contributed by atoms with Crippen LogP contribution in [0.5, 0.6) is 0 Å². The summed E-state index contributed by atoms with van der Waals surface area (Å²) in [6, 6.07) is 12.2. The minimum absolute atomic E-state index is 0.193. The predicted molar refractivity (Wildman–Crippen MR) is 130 cm³/mol. The van der Waals surface area contributed by atoms with Crippen molar-refractivity contribution in [2.24, 2.45) is 0 Å². The van der Waals surface area contributed by atoms with Crippen molar-refractivity contribution in [2.45, 2.75) is 43.2 Å². The molecule has 1 saturated heterocycles. The average Bonchev–Trinajstić information content (AvgIpc) is 3.54. The summed E-state index contributed by atoms with van der Waals surface area (Å²) in [7, 11) is -2.08. The molecule has 33 heavy (non-hydrogen) atoms. The van der Waals surface area contributed by atoms with Crippen LogP contribution in [0.2, 0.25) is 0 Å². The molecule has 0 radical (unpaired) electrons. The molecule has 2 heterocycles. The van der Waals surface area contributed by atoms with E-state index in [1.807, 2.05) is 14.0 Å². The lowest BCUT2D eigenvalue weighted by molar-refractivity contribution is 0.246. The van der Waals surface area contributed by atoms with Crippen LogP contribution in [0.3, 0.4) is 0 Å². The highest BCUT2D eigenvalue weighted by molar-refractivity contribution is 7.92. The number of benzene rings is 2. The van der Waals surface area contributed by atoms with Crippen LogP contribution in [0.1, 0.15) is 23.1 Å². The van der Waals surface area contributed by atoms with Gasteiger partial charge in [-0.1, -0.05) is 24.3 Å². The van der Waals surface area contributed by atoms with Crippen molar-refractivity contribution in [3.8, 4) is 0 Å². The number of nitrogens with zero attached hydrogens (tertiary/aromatic N) is 3. The van der Waals surface area contributed by atoms with Crippen LogP contribution in [-0.4, -0.2) is 50.5 Å². The number of fused-ring (bicyclic) bond motifs is 1. The summed E-state index contributed by atoms with van der Waals surface area (Å²) < 4.78 is 42.7. The molecule has 1 N–H and O–H groups in total. The maximum absolute atomic E-state index is 15.0. The molecule has 5 rings (SSSR count). The predicted octanol–water partition coefficient (Wildman–Crippen LogP) is 4.07. The van der Waals surface area contributed by atoms with Gasteiger partial charge in [0, 0.05) is 43.3 Å². The third kappa shape index (κ3) is 4.37. The van der Waals surface area contributed by atoms with Gasteiger partial charge < -0.3 is 4.90 Å². The number of likely N-dealkylation sites (N-methyl/N-ethyl adjacent to an activating group) is 1. The molecule has 0 saturated carbocycles. The molecule has 0 bridgehead atoms. The summed E-state index contributed by atoms with van der Waals surface area (Å²) in [6.45, 7) is 3.76. The smallest absolute Gasteiger partial charge is 0.266 e. The summed E-state index contributed by atoms with van der Waals surface area (Å²) >= 11 is 1.27. The Kier molecular flexibility index (Phi) is 5.88. The molecule has 1 atom stereocenters. The van der Waals surface area contributed by atoms with Crippen molar-refractivity contribution >= 4 is 32.9 Å². The van der Waals surface area contributed by atoms with Crippen molar-refractivity contribution in [3.05, 3.63) is 69.8 Å². The maximum atomic E-state index is 15.0. The lowest BCUT2D eigenvalue weighted by Gasteiger charge is -2.30. The van der Waals surface area contributed by atoms with Gasteiger partial charge in [0.05, 0.1) is 5.51 Å². The average molecular weight is 487 g/mol. The number of hydrogen-bond acceptors (Lipinski definition) is 6. The molecule has 2 aromatic carbocycles. The Morgan fingerprint density at radius 2 is 1.94 bits per heavy atom. The molecule has 1 aliphatic carbocycles. The lowest BCUT2D eigenvalue weighted by Crippen LogP contribution is -2.39. The third-order valence-electron chi connectivity index (χ3n) is 6.88. The number of halogens is 1. The van der Waals surface area contributed by atoms with Gasteiger partial charge in [-0.15, -0.1) is 11.3 Å². The van der Waals surface area contributed by atoms with Gasteiger partial charge >= 0.3 is 0 Å². The monoisotopic (exact) mass is 486 g/mol. The van der Waals surface area contributed by atoms with Crippen LogP contribution in [0.15, 0.2) is 52.2 Å². The zero-order chi connectivity index (χ0) is 23.2. The number of sulfonamides is 1. The van der Waals surface area contributed by atoms with E-state index in [-0.39, 0.29) is 16.8 Å². The number of thiazole rings is 1. The summed E-state index contributed by atoms with van der Waals surface area (Å²) in [5.41, 5.74) is 5.86. The molecule has 2 aliphatic rings. The number of nitrogens with one attached hydrogen (secondary N) is 1. The number of aryl methyl sites for hydroxylation is 1. The second kappa shape index (κ2) is 8.70. The molecule has 1 aliphatic heterocycles. The Hall–Kier alpha value is -2.49. The highest BCUT2D eigenvalue weighted by atomic mass is 32.2. The Labute approximate surface area is 198 Å². The highest BCUT2D eigenvalue weighted by Gasteiger charge is 2.34. The first-order chi connectivity index (χ1) is 15.8. The zero-order valence-electron chi connectivity index (χ0n) is 18.7. The number of aromatic nitrogens is 1. The van der Waals surface area contributed by atoms with Gasteiger partial charge in [0.15, 0.2) is 5.82 Å². The second-order valence-electron chi connectivity index (χ2n) is 8.93. The molecule has 9 heteroatoms. The first-order valence-electron chi connectivity index (χ1n) is 11.1. The van der Waals surface area contributed by atoms with E-state index in [1.54, 1.807) is 5.38 Å². The number of anilines is 2. The van der Waals surface area contributed by atoms with E-state index in [4.69, 9.17) is 0 Å². The van der Waals surface area contributed by atoms with Gasteiger partial charge in [-0.05, 0) is 55.0 Å². The molecular formula is C24H27FN4O2S2. The Morgan fingerprint density at radius 1 is 1.21 bits per heavy atom. The SMILES string of the molecule is Cc1cc(S(=O)(=O)Nc2cscn2)c(F)cc1N(C)C1CCN(C2Cc3ccccc3C2)C1. The number of likely N-dealkylation sites (tertiary alicyclic amines) is 1. The van der Waals surface area contributed by atoms with Crippen LogP contribution in [0.4, 0.5) is 15.9 Å². The molecule has 1 aromatic heterocycles. The van der Waals surface area contributed by atoms with Gasteiger partial charge in [-0.25, -0.2) is 17.8 Å². The summed E-state index contributed by atoms with van der Waals surface area (Å²) in [6.07, 6.45) is 3.16. The molecule has 1 fully saturated rings. The van der Waals surface area contributed by atoms with E-state index in [2.05, 4.69) is 43.8 Å². The van der Waals surface area contributed by atoms with Crippen molar-refractivity contribution < 1.29 is 12.8 Å². The fourth-order valence-corrected chi connectivity index (χ4v) is 6.80. The van der Waals surface area contributed by atoms with Gasteiger partial charge in [0.2, 0.25) is 0 Å². The minimum atomic E-state index is -4.05. The van der Waals surface area contributed by atoms with E-state index >= 15 is 4.39 Å². The van der Waals surface area contributed by atoms with Gasteiger partial charge in [-0.2, -0.15) is 0 Å². The van der Waals surface area contributed by atoms with Crippen LogP contribution in [0, 0.1) is 12.7 Å². The Balaban J connectivity index is 1.30. The van der Waals surface area contributed by atoms with Gasteiger partial charge in [0.1, 0.15) is 10.7 Å². The minimum Gasteiger partial charge on any atom is -0.370 e. The molecule has 0 amide bonds. The summed E-state index contributed by atoms with van der Waals surface area (Å²) in [4.78, 5) is 8.21. The maximum Gasteiger partial charge on any atom is 0.266 e. The summed E-state index contributed by atoms with van der Waals surface area (Å²) in [5.74, 6) is -0.565. The fraction of sp³-hybridized carbons (Fsp3) is 0.375. The standard InChI is InChI=1S/C24H27FN4O2S2/c1-16-9-23(33(30,31)27-24-14-32-15-26-24)21(25)12-22(16)28(2)19-7-8-29(13-19)20-10-17-5-3-4-6-18(17)11-20/h3-6,9,12,14-15,19-20,27H,7-8,10-11,13H2,1-2H3. The first-order valence-corrected chi connectivity index (χ1v) is 13.5. The first kappa shape index (κ1) is 22.3. The van der Waals surface area contributed by atoms with E-state index in [9.17, 15) is 8.42 Å². The molecule has 174 valence electrons. The van der Waals surface area contributed by atoms with Crippen molar-refractivity contribution in [2.75, 3.05) is 29.8 Å². The largest absolute Gasteiger partial charge is 0.370 e. The van der Waals surface area contributed by atoms with Gasteiger partial charge in [-0.3, -0.25) is 9.62 Å². The van der Waals surface area contributed by atoms with E-state index in [0.717, 1.165) is 43.6 Å². The van der Waals surface area contributed by atoms with Crippen molar-refractivity contribution in [1.29, 1.82) is 0 Å². The number of hydrogen-bond donors (Lipinski definition) is 1. The van der Waals surface area contributed by atoms with Crippen LogP contribution < -0.4 is 9.62 Å². The highest BCUT2D eigenvalue weighted by Crippen LogP contribution is 2.32. The van der Waals surface area contributed by atoms with Crippen molar-refractivity contribution in [3.63, 3.8) is 0 Å². The molecule has 6 nitrogen and oxygen atoms in total. The zero-order valence-corrected chi connectivity index (χ0v) is 20.3. The topological polar surface area (TPSA) is 65.5 Å². The van der Waals surface area contributed by atoms with E-state index in [0.29, 0.717) is 6.04 Å². The molecule has 0 spiro atoms. The van der Waals surface area contributed by atoms with Crippen LogP contribution in [0.25, 0.3) is 0 Å². The second-order valence-corrected chi connectivity index (χ2v) is 11.3. The number of rotatable bonds is 6. The normalized spacial score (nSPS) is 19.1. The van der Waals surface area contributed by atoms with Crippen LogP contribution in [-0.2, 0) is 22.9 Å². The van der Waals surface area contributed by atoms with Gasteiger partial charge in [0.25, 0.3) is 10.0 Å². The lowest BCUT2D eigenvalue weighted by atomic mass is 10.1. The Bertz CT molecular complexity index is 1240. The molecule has 1 unspecified atom stereocenters.